The number of ether oxygens (including phenoxy) is 2. The van der Waals surface area contributed by atoms with Crippen molar-refractivity contribution in [3.05, 3.63) is 23.5 Å². The first-order chi connectivity index (χ1) is 7.51. The zero-order valence-corrected chi connectivity index (χ0v) is 10.3. The number of aromatic nitrogens is 1. The Morgan fingerprint density at radius 1 is 1.38 bits per heavy atom. The molecule has 0 aliphatic heterocycles. The highest BCUT2D eigenvalue weighted by Crippen LogP contribution is 2.24. The van der Waals surface area contributed by atoms with E-state index in [1.807, 2.05) is 20.8 Å². The van der Waals surface area contributed by atoms with Gasteiger partial charge in [-0.15, -0.1) is 0 Å². The van der Waals surface area contributed by atoms with E-state index in [1.165, 1.54) is 0 Å². The lowest BCUT2D eigenvalue weighted by Gasteiger charge is -2.23. The number of aromatic amines is 1. The molecule has 4 heteroatoms. The maximum Gasteiger partial charge on any atom is 0.339 e. The second kappa shape index (κ2) is 5.16. The zero-order chi connectivity index (χ0) is 12.2. The van der Waals surface area contributed by atoms with Gasteiger partial charge in [0.2, 0.25) is 0 Å². The third-order valence-electron chi connectivity index (χ3n) is 2.35. The molecule has 1 aromatic rings. The van der Waals surface area contributed by atoms with Crippen LogP contribution < -0.4 is 0 Å². The number of hydrogen-bond acceptors (Lipinski definition) is 3. The average molecular weight is 225 g/mol. The molecule has 0 radical (unpaired) electrons. The fourth-order valence-electron chi connectivity index (χ4n) is 1.51. The lowest BCUT2D eigenvalue weighted by molar-refractivity contribution is -0.0169. The number of esters is 1. The minimum Gasteiger partial charge on any atom is -0.462 e. The van der Waals surface area contributed by atoms with Crippen LogP contribution in [0.5, 0.6) is 0 Å². The standard InChI is InChI=1S/C12H19NO3/c1-5-15-11(14)9-7-10(13-8-9)12(3,4)16-6-2/h7-8,13H,5-6H2,1-4H3. The van der Waals surface area contributed by atoms with E-state index in [1.54, 1.807) is 19.2 Å². The second-order valence-electron chi connectivity index (χ2n) is 3.97. The summed E-state index contributed by atoms with van der Waals surface area (Å²) in [6.45, 7) is 8.65. The van der Waals surface area contributed by atoms with Crippen molar-refractivity contribution in [3.8, 4) is 0 Å². The molecular formula is C12H19NO3. The summed E-state index contributed by atoms with van der Waals surface area (Å²) >= 11 is 0. The number of hydrogen-bond donors (Lipinski definition) is 1. The Bertz CT molecular complexity index is 355. The molecule has 0 atom stereocenters. The Morgan fingerprint density at radius 2 is 2.06 bits per heavy atom. The van der Waals surface area contributed by atoms with Gasteiger partial charge < -0.3 is 14.5 Å². The van der Waals surface area contributed by atoms with Crippen LogP contribution in [0.1, 0.15) is 43.7 Å². The SMILES string of the molecule is CCOC(=O)c1c[nH]c(C(C)(C)OCC)c1. The van der Waals surface area contributed by atoms with Crippen molar-refractivity contribution in [1.29, 1.82) is 0 Å². The van der Waals surface area contributed by atoms with Crippen molar-refractivity contribution in [1.82, 2.24) is 4.98 Å². The van der Waals surface area contributed by atoms with Crippen molar-refractivity contribution < 1.29 is 14.3 Å². The fourth-order valence-corrected chi connectivity index (χ4v) is 1.51. The van der Waals surface area contributed by atoms with Crippen LogP contribution in [0.25, 0.3) is 0 Å². The molecule has 0 bridgehead atoms. The van der Waals surface area contributed by atoms with Gasteiger partial charge in [0.05, 0.1) is 12.2 Å². The van der Waals surface area contributed by atoms with E-state index in [2.05, 4.69) is 4.98 Å². The van der Waals surface area contributed by atoms with Gasteiger partial charge in [0.1, 0.15) is 5.60 Å². The van der Waals surface area contributed by atoms with E-state index in [0.29, 0.717) is 18.8 Å². The van der Waals surface area contributed by atoms with Gasteiger partial charge >= 0.3 is 5.97 Å². The van der Waals surface area contributed by atoms with Gasteiger partial charge in [0.15, 0.2) is 0 Å². The third-order valence-corrected chi connectivity index (χ3v) is 2.35. The molecule has 1 aromatic heterocycles. The van der Waals surface area contributed by atoms with Gasteiger partial charge in [-0.2, -0.15) is 0 Å². The third kappa shape index (κ3) is 2.85. The predicted molar refractivity (Wildman–Crippen MR) is 61.4 cm³/mol. The summed E-state index contributed by atoms with van der Waals surface area (Å²) in [7, 11) is 0. The van der Waals surface area contributed by atoms with Crippen LogP contribution in [0.4, 0.5) is 0 Å². The summed E-state index contributed by atoms with van der Waals surface area (Å²) < 4.78 is 10.5. The summed E-state index contributed by atoms with van der Waals surface area (Å²) in [4.78, 5) is 14.5. The normalized spacial score (nSPS) is 11.5. The summed E-state index contributed by atoms with van der Waals surface area (Å²) in [5.74, 6) is -0.308. The zero-order valence-electron chi connectivity index (χ0n) is 10.3. The van der Waals surface area contributed by atoms with Gasteiger partial charge in [-0.1, -0.05) is 0 Å². The van der Waals surface area contributed by atoms with E-state index >= 15 is 0 Å². The first-order valence-corrected chi connectivity index (χ1v) is 5.51. The molecule has 0 aliphatic rings. The monoisotopic (exact) mass is 225 g/mol. The lowest BCUT2D eigenvalue weighted by atomic mass is 10.1. The molecule has 0 aromatic carbocycles. The topological polar surface area (TPSA) is 51.3 Å². The van der Waals surface area contributed by atoms with E-state index < -0.39 is 5.60 Å². The van der Waals surface area contributed by atoms with Crippen molar-refractivity contribution >= 4 is 5.97 Å². The molecule has 0 spiro atoms. The molecule has 4 nitrogen and oxygen atoms in total. The Balaban J connectivity index is 2.82. The predicted octanol–water partition coefficient (Wildman–Crippen LogP) is 2.46. The number of nitrogens with one attached hydrogen (secondary N) is 1. The maximum atomic E-state index is 11.5. The smallest absolute Gasteiger partial charge is 0.339 e. The summed E-state index contributed by atoms with van der Waals surface area (Å²) in [6.07, 6.45) is 1.65. The lowest BCUT2D eigenvalue weighted by Crippen LogP contribution is -2.21. The quantitative estimate of drug-likeness (QED) is 0.783. The highest BCUT2D eigenvalue weighted by atomic mass is 16.5. The highest BCUT2D eigenvalue weighted by Gasteiger charge is 2.23. The Labute approximate surface area is 95.9 Å². The van der Waals surface area contributed by atoms with Crippen LogP contribution in [-0.2, 0) is 15.1 Å². The molecule has 0 unspecified atom stereocenters. The van der Waals surface area contributed by atoms with Gasteiger partial charge in [-0.25, -0.2) is 4.79 Å². The van der Waals surface area contributed by atoms with Gasteiger partial charge in [0.25, 0.3) is 0 Å². The Kier molecular flexibility index (Phi) is 4.12. The molecule has 0 fully saturated rings. The molecule has 1 N–H and O–H groups in total. The molecule has 0 saturated carbocycles. The van der Waals surface area contributed by atoms with Crippen molar-refractivity contribution in [2.75, 3.05) is 13.2 Å². The molecular weight excluding hydrogens is 206 g/mol. The largest absolute Gasteiger partial charge is 0.462 e. The van der Waals surface area contributed by atoms with Crippen molar-refractivity contribution in [2.24, 2.45) is 0 Å². The van der Waals surface area contributed by atoms with Crippen molar-refractivity contribution in [3.63, 3.8) is 0 Å². The highest BCUT2D eigenvalue weighted by molar-refractivity contribution is 5.89. The number of carbonyl (C=O) groups is 1. The number of rotatable bonds is 5. The van der Waals surface area contributed by atoms with Crippen LogP contribution in [0.3, 0.4) is 0 Å². The minimum absolute atomic E-state index is 0.308. The van der Waals surface area contributed by atoms with Gasteiger partial charge in [-0.05, 0) is 33.8 Å². The average Bonchev–Trinajstić information content (AvgIpc) is 2.67. The summed E-state index contributed by atoms with van der Waals surface area (Å²) in [6, 6.07) is 1.77. The van der Waals surface area contributed by atoms with E-state index in [0.717, 1.165) is 5.69 Å². The molecule has 0 saturated heterocycles. The van der Waals surface area contributed by atoms with E-state index in [4.69, 9.17) is 9.47 Å². The molecule has 1 heterocycles. The number of carbonyl (C=O) groups excluding carboxylic acids is 1. The van der Waals surface area contributed by atoms with Crippen LogP contribution in [0, 0.1) is 0 Å². The Hall–Kier alpha value is -1.29. The van der Waals surface area contributed by atoms with Gasteiger partial charge in [-0.3, -0.25) is 0 Å². The molecule has 1 rings (SSSR count). The minimum atomic E-state index is -0.417. The summed E-state index contributed by atoms with van der Waals surface area (Å²) in [5.41, 5.74) is 0.987. The van der Waals surface area contributed by atoms with Crippen LogP contribution >= 0.6 is 0 Å². The van der Waals surface area contributed by atoms with Crippen LogP contribution in [0.2, 0.25) is 0 Å². The molecule has 0 amide bonds. The van der Waals surface area contributed by atoms with Gasteiger partial charge in [0, 0.05) is 18.5 Å². The number of H-pyrrole nitrogens is 1. The summed E-state index contributed by atoms with van der Waals surface area (Å²) in [5, 5.41) is 0. The maximum absolute atomic E-state index is 11.5. The Morgan fingerprint density at radius 3 is 2.62 bits per heavy atom. The van der Waals surface area contributed by atoms with Crippen LogP contribution in [-0.4, -0.2) is 24.2 Å². The molecule has 16 heavy (non-hydrogen) atoms. The fraction of sp³-hybridized carbons (Fsp3) is 0.583. The van der Waals surface area contributed by atoms with Crippen molar-refractivity contribution in [2.45, 2.75) is 33.3 Å². The molecule has 90 valence electrons. The van der Waals surface area contributed by atoms with E-state index in [-0.39, 0.29) is 5.97 Å². The van der Waals surface area contributed by atoms with Crippen LogP contribution in [0.15, 0.2) is 12.3 Å². The first kappa shape index (κ1) is 12.8. The first-order valence-electron chi connectivity index (χ1n) is 5.51. The van der Waals surface area contributed by atoms with E-state index in [9.17, 15) is 4.79 Å². The molecule has 0 aliphatic carbocycles. The second-order valence-corrected chi connectivity index (χ2v) is 3.97.